The second-order valence-corrected chi connectivity index (χ2v) is 12.1. The summed E-state index contributed by atoms with van der Waals surface area (Å²) >= 11 is 0. The molecule has 0 aliphatic rings. The number of carbonyl (C=O) groups excluding carboxylic acids is 4. The van der Waals surface area contributed by atoms with E-state index in [1.54, 1.807) is 62.3 Å². The van der Waals surface area contributed by atoms with Gasteiger partial charge in [-0.1, -0.05) is 20.8 Å². The molecule has 32 heavy (non-hydrogen) atoms. The van der Waals surface area contributed by atoms with Crippen LogP contribution in [0.5, 0.6) is 0 Å². The standard InChI is InChI=1S/C24H43NO7/c1-21(2,3)16(15-26)13-14-17(18(27)30-22(4,5)6)25(19(28)31-23(7,8)9)20(29)32-24(10,11)12/h15-17H,13-14H2,1-12H3. The van der Waals surface area contributed by atoms with Gasteiger partial charge in [-0.3, -0.25) is 0 Å². The Morgan fingerprint density at radius 2 is 1.06 bits per heavy atom. The molecule has 2 unspecified atom stereocenters. The minimum absolute atomic E-state index is 0.0219. The first-order valence-corrected chi connectivity index (χ1v) is 11.0. The van der Waals surface area contributed by atoms with Crippen LogP contribution in [0.1, 0.15) is 95.9 Å². The number of hydrogen-bond donors (Lipinski definition) is 0. The van der Waals surface area contributed by atoms with Crippen molar-refractivity contribution in [3.63, 3.8) is 0 Å². The Kier molecular flexibility index (Phi) is 9.96. The van der Waals surface area contributed by atoms with Gasteiger partial charge in [-0.15, -0.1) is 0 Å². The van der Waals surface area contributed by atoms with Crippen LogP contribution in [0.25, 0.3) is 0 Å². The largest absolute Gasteiger partial charge is 0.458 e. The van der Waals surface area contributed by atoms with Crippen molar-refractivity contribution in [2.75, 3.05) is 0 Å². The Bertz CT molecular complexity index is 644. The number of nitrogens with zero attached hydrogens (tertiary/aromatic N) is 1. The maximum Gasteiger partial charge on any atom is 0.420 e. The Balaban J connectivity index is 6.27. The zero-order valence-electron chi connectivity index (χ0n) is 22.0. The van der Waals surface area contributed by atoms with Crippen LogP contribution in [-0.4, -0.2) is 52.2 Å². The normalized spacial score (nSPS) is 14.8. The first-order chi connectivity index (χ1) is 14.1. The molecule has 0 rings (SSSR count). The Hall–Kier alpha value is -2.12. The third-order valence-corrected chi connectivity index (χ3v) is 4.20. The summed E-state index contributed by atoms with van der Waals surface area (Å²) in [5, 5.41) is 0. The maximum absolute atomic E-state index is 13.1. The first kappa shape index (κ1) is 29.9. The molecule has 0 radical (unpaired) electrons. The van der Waals surface area contributed by atoms with E-state index in [2.05, 4.69) is 0 Å². The lowest BCUT2D eigenvalue weighted by Gasteiger charge is -2.34. The molecule has 0 aromatic heterocycles. The number of aldehydes is 1. The predicted molar refractivity (Wildman–Crippen MR) is 122 cm³/mol. The van der Waals surface area contributed by atoms with Crippen LogP contribution < -0.4 is 0 Å². The monoisotopic (exact) mass is 457 g/mol. The summed E-state index contributed by atoms with van der Waals surface area (Å²) in [6.07, 6.45) is -0.910. The smallest absolute Gasteiger partial charge is 0.420 e. The number of hydrogen-bond acceptors (Lipinski definition) is 7. The molecular formula is C24H43NO7. The Labute approximate surface area is 193 Å². The maximum atomic E-state index is 13.1. The van der Waals surface area contributed by atoms with Crippen molar-refractivity contribution >= 4 is 24.4 Å². The second kappa shape index (κ2) is 10.7. The summed E-state index contributed by atoms with van der Waals surface area (Å²) in [6, 6.07) is -1.32. The highest BCUT2D eigenvalue weighted by atomic mass is 16.6. The van der Waals surface area contributed by atoms with Gasteiger partial charge in [0.05, 0.1) is 0 Å². The summed E-state index contributed by atoms with van der Waals surface area (Å²) in [6.45, 7) is 20.7. The van der Waals surface area contributed by atoms with E-state index in [0.717, 1.165) is 6.29 Å². The van der Waals surface area contributed by atoms with Crippen molar-refractivity contribution in [2.45, 2.75) is 119 Å². The molecule has 186 valence electrons. The van der Waals surface area contributed by atoms with Gasteiger partial charge in [0.15, 0.2) is 0 Å². The number of rotatable bonds is 6. The lowest BCUT2D eigenvalue weighted by atomic mass is 9.78. The first-order valence-electron chi connectivity index (χ1n) is 11.0. The Morgan fingerprint density at radius 3 is 1.34 bits per heavy atom. The lowest BCUT2D eigenvalue weighted by molar-refractivity contribution is -0.161. The van der Waals surface area contributed by atoms with Crippen LogP contribution >= 0.6 is 0 Å². The summed E-state index contributed by atoms with van der Waals surface area (Å²) in [5.41, 5.74) is -3.03. The highest BCUT2D eigenvalue weighted by molar-refractivity contribution is 5.94. The molecule has 0 saturated carbocycles. The molecule has 0 saturated heterocycles. The average Bonchev–Trinajstić information content (AvgIpc) is 2.47. The molecular weight excluding hydrogens is 414 g/mol. The minimum Gasteiger partial charge on any atom is -0.458 e. The van der Waals surface area contributed by atoms with Gasteiger partial charge in [0, 0.05) is 5.92 Å². The van der Waals surface area contributed by atoms with Gasteiger partial charge in [0.1, 0.15) is 29.1 Å². The summed E-state index contributed by atoms with van der Waals surface area (Å²) in [5.74, 6) is -1.17. The molecule has 8 nitrogen and oxygen atoms in total. The molecule has 2 atom stereocenters. The van der Waals surface area contributed by atoms with Crippen LogP contribution in [0.2, 0.25) is 0 Å². The highest BCUT2D eigenvalue weighted by Gasteiger charge is 2.42. The second-order valence-electron chi connectivity index (χ2n) is 12.1. The van der Waals surface area contributed by atoms with Gasteiger partial charge in [-0.05, 0) is 80.6 Å². The fraction of sp³-hybridized carbons (Fsp3) is 0.833. The highest BCUT2D eigenvalue weighted by Crippen LogP contribution is 2.30. The Morgan fingerprint density at radius 1 is 0.688 bits per heavy atom. The van der Waals surface area contributed by atoms with Crippen molar-refractivity contribution in [1.29, 1.82) is 0 Å². The van der Waals surface area contributed by atoms with Crippen molar-refractivity contribution in [2.24, 2.45) is 11.3 Å². The molecule has 8 heteroatoms. The molecule has 0 aliphatic heterocycles. The molecule has 0 fully saturated rings. The minimum atomic E-state index is -1.32. The predicted octanol–water partition coefficient (Wildman–Crippen LogP) is 5.51. The van der Waals surface area contributed by atoms with E-state index < -0.39 is 46.9 Å². The SMILES string of the molecule is CC(C)(C)OC(=O)C(CCC(C=O)C(C)(C)C)N(C(=O)OC(C)(C)C)C(=O)OC(C)(C)C. The fourth-order valence-corrected chi connectivity index (χ4v) is 2.72. The molecule has 0 N–H and O–H groups in total. The molecule has 0 heterocycles. The van der Waals surface area contributed by atoms with Crippen LogP contribution in [0.4, 0.5) is 9.59 Å². The molecule has 2 amide bonds. The van der Waals surface area contributed by atoms with Crippen LogP contribution in [0.15, 0.2) is 0 Å². The van der Waals surface area contributed by atoms with E-state index in [1.165, 1.54) is 0 Å². The fourth-order valence-electron chi connectivity index (χ4n) is 2.72. The number of ether oxygens (including phenoxy) is 3. The lowest BCUT2D eigenvalue weighted by Crippen LogP contribution is -2.53. The van der Waals surface area contributed by atoms with Gasteiger partial charge >= 0.3 is 18.2 Å². The van der Waals surface area contributed by atoms with E-state index in [0.29, 0.717) is 4.90 Å². The third-order valence-electron chi connectivity index (χ3n) is 4.20. The van der Waals surface area contributed by atoms with Crippen LogP contribution in [-0.2, 0) is 23.8 Å². The van der Waals surface area contributed by atoms with E-state index in [4.69, 9.17) is 14.2 Å². The zero-order chi connectivity index (χ0) is 25.7. The summed E-state index contributed by atoms with van der Waals surface area (Å²) in [4.78, 5) is 51.5. The van der Waals surface area contributed by atoms with Gasteiger partial charge in [-0.2, -0.15) is 4.90 Å². The van der Waals surface area contributed by atoms with Crippen molar-refractivity contribution in [3.05, 3.63) is 0 Å². The number of amides is 2. The molecule has 0 aromatic rings. The van der Waals surface area contributed by atoms with Crippen LogP contribution in [0.3, 0.4) is 0 Å². The quantitative estimate of drug-likeness (QED) is 0.294. The van der Waals surface area contributed by atoms with E-state index >= 15 is 0 Å². The summed E-state index contributed by atoms with van der Waals surface area (Å²) < 4.78 is 16.3. The van der Waals surface area contributed by atoms with Gasteiger partial charge in [0.25, 0.3) is 0 Å². The van der Waals surface area contributed by atoms with E-state index in [1.807, 2.05) is 20.8 Å². The molecule has 0 bridgehead atoms. The van der Waals surface area contributed by atoms with Gasteiger partial charge in [-0.25, -0.2) is 14.4 Å². The molecule has 0 spiro atoms. The number of imide groups is 1. The van der Waals surface area contributed by atoms with E-state index in [9.17, 15) is 19.2 Å². The van der Waals surface area contributed by atoms with Crippen LogP contribution in [0, 0.1) is 11.3 Å². The summed E-state index contributed by atoms with van der Waals surface area (Å²) in [7, 11) is 0. The average molecular weight is 458 g/mol. The van der Waals surface area contributed by atoms with Crippen molar-refractivity contribution in [1.82, 2.24) is 4.90 Å². The van der Waals surface area contributed by atoms with Crippen molar-refractivity contribution < 1.29 is 33.4 Å². The van der Waals surface area contributed by atoms with Gasteiger partial charge in [0.2, 0.25) is 0 Å². The molecule has 0 aromatic carbocycles. The molecule has 0 aliphatic carbocycles. The topological polar surface area (TPSA) is 99.2 Å². The van der Waals surface area contributed by atoms with Crippen molar-refractivity contribution in [3.8, 4) is 0 Å². The third kappa shape index (κ3) is 11.5. The zero-order valence-corrected chi connectivity index (χ0v) is 22.0. The van der Waals surface area contributed by atoms with E-state index in [-0.39, 0.29) is 18.3 Å². The van der Waals surface area contributed by atoms with Gasteiger partial charge < -0.3 is 19.0 Å². The number of esters is 1. The number of carbonyl (C=O) groups is 4.